The zero-order valence-corrected chi connectivity index (χ0v) is 61.7. The molecule has 8 rings (SSSR count). The number of aromatic nitrogens is 4. The largest absolute Gasteiger partial charge is 0.469 e. The van der Waals surface area contributed by atoms with E-state index in [9.17, 15) is 57.5 Å². The van der Waals surface area contributed by atoms with Crippen LogP contribution in [0.1, 0.15) is 161 Å². The number of rotatable bonds is 38. The number of anilines is 2. The maximum absolute atomic E-state index is 14.1. The molecule has 6 aromatic rings. The number of H-pyrrole nitrogens is 2. The van der Waals surface area contributed by atoms with Crippen molar-refractivity contribution in [3.8, 4) is 0 Å². The molecular weight excluding hydrogens is 1360 g/mol. The van der Waals surface area contributed by atoms with E-state index in [1.54, 1.807) is 60.3 Å². The third kappa shape index (κ3) is 22.3. The number of imidazole rings is 2. The Hall–Kier alpha value is -11.0. The Morgan fingerprint density at radius 1 is 0.528 bits per heavy atom. The van der Waals surface area contributed by atoms with Crippen LogP contribution in [-0.4, -0.2) is 207 Å². The molecule has 2 aromatic heterocycles. The number of methoxy groups -OCH3 is 2. The molecular formula is C75H101N17O14. The molecule has 0 fully saturated rings. The maximum atomic E-state index is 14.1. The minimum Gasteiger partial charge on any atom is -0.469 e. The summed E-state index contributed by atoms with van der Waals surface area (Å²) in [7, 11) is 5.80. The number of amides is 10. The fourth-order valence-electron chi connectivity index (χ4n) is 12.8. The van der Waals surface area contributed by atoms with Crippen molar-refractivity contribution in [1.82, 2.24) is 71.4 Å². The number of benzene rings is 4. The lowest BCUT2D eigenvalue weighted by Gasteiger charge is -2.25. The van der Waals surface area contributed by atoms with Gasteiger partial charge in [-0.2, -0.15) is 0 Å². The first kappa shape index (κ1) is 80.7. The fourth-order valence-corrected chi connectivity index (χ4v) is 12.8. The lowest BCUT2D eigenvalue weighted by atomic mass is 10.1. The molecule has 0 saturated heterocycles. The van der Waals surface area contributed by atoms with E-state index in [1.807, 2.05) is 76.2 Å². The van der Waals surface area contributed by atoms with Crippen LogP contribution in [0.5, 0.6) is 0 Å². The summed E-state index contributed by atoms with van der Waals surface area (Å²) >= 11 is 0. The van der Waals surface area contributed by atoms with Crippen LogP contribution < -0.4 is 48.3 Å². The van der Waals surface area contributed by atoms with Gasteiger partial charge in [-0.15, -0.1) is 0 Å². The van der Waals surface area contributed by atoms with Gasteiger partial charge in [0.15, 0.2) is 0 Å². The Labute approximate surface area is 616 Å². The lowest BCUT2D eigenvalue weighted by molar-refractivity contribution is -0.144. The minimum atomic E-state index is -1.26. The highest BCUT2D eigenvalue weighted by molar-refractivity contribution is 5.98. The molecule has 4 aromatic carbocycles. The first-order valence-corrected chi connectivity index (χ1v) is 36.3. The van der Waals surface area contributed by atoms with Crippen molar-refractivity contribution < 1.29 is 67.0 Å². The second kappa shape index (κ2) is 39.2. The van der Waals surface area contributed by atoms with E-state index in [-0.39, 0.29) is 140 Å². The van der Waals surface area contributed by atoms with E-state index in [2.05, 4.69) is 62.5 Å². The zero-order valence-electron chi connectivity index (χ0n) is 61.7. The average Bonchev–Trinajstić information content (AvgIpc) is 1.64. The molecule has 0 saturated carbocycles. The van der Waals surface area contributed by atoms with Gasteiger partial charge in [-0.05, 0) is 117 Å². The highest BCUT2D eigenvalue weighted by atomic mass is 16.5. The van der Waals surface area contributed by atoms with E-state index in [1.165, 1.54) is 24.0 Å². The van der Waals surface area contributed by atoms with Crippen molar-refractivity contribution in [1.29, 1.82) is 0 Å². The van der Waals surface area contributed by atoms with E-state index in [4.69, 9.17) is 15.2 Å². The Morgan fingerprint density at radius 3 is 1.31 bits per heavy atom. The first-order valence-electron chi connectivity index (χ1n) is 36.3. The molecule has 7 atom stereocenters. The van der Waals surface area contributed by atoms with Crippen LogP contribution in [0.3, 0.4) is 0 Å². The smallest absolute Gasteiger partial charge is 0.308 e. The Balaban J connectivity index is 0.785. The van der Waals surface area contributed by atoms with Crippen molar-refractivity contribution in [2.45, 2.75) is 186 Å². The molecule has 0 radical (unpaired) electrons. The minimum absolute atomic E-state index is 0.0817. The van der Waals surface area contributed by atoms with Gasteiger partial charge in [-0.25, -0.2) is 9.97 Å². The lowest BCUT2D eigenvalue weighted by Crippen LogP contribution is -2.56. The van der Waals surface area contributed by atoms with Gasteiger partial charge in [0.1, 0.15) is 47.9 Å². The monoisotopic (exact) mass is 1460 g/mol. The first-order chi connectivity index (χ1) is 50.9. The number of hydrogen-bond donors (Lipinski definition) is 11. The van der Waals surface area contributed by atoms with E-state index in [0.29, 0.717) is 71.0 Å². The zero-order chi connectivity index (χ0) is 76.6. The predicted octanol–water partition coefficient (Wildman–Crippen LogP) is 4.32. The molecule has 570 valence electrons. The third-order valence-corrected chi connectivity index (χ3v) is 18.5. The molecule has 2 aliphatic heterocycles. The molecule has 0 bridgehead atoms. The van der Waals surface area contributed by atoms with E-state index < -0.39 is 89.7 Å². The number of esters is 2. The fraction of sp³-hybridized carbons (Fsp3) is 0.493. The second-order valence-corrected chi connectivity index (χ2v) is 26.8. The second-order valence-electron chi connectivity index (χ2n) is 26.8. The molecule has 106 heavy (non-hydrogen) atoms. The van der Waals surface area contributed by atoms with Gasteiger partial charge in [0.2, 0.25) is 47.3 Å². The standard InChI is InChI=1S/C75H101N17O14/c1-9-19-56(68(97)77-33-17-35-91-41-47-37-45(27-30-50(47)79-60(74(91)103)39-65(94)105-7)72(101)89(5)43-62-81-52-23-13-14-24-53(52)82-62)87-70(99)58(21-11-3)85-64(93)32-29-49(76)67(96)86-59(22-12-4)71(100)88-57(20-10-2)69(98)78-34-18-36-92-42-48-38-46(28-31-51(48)80-61(75(92)104)40-66(95)106-8)73(102)90(6)44-63-83-54-25-15-16-26-55(54)84-63/h13-16,23-28,30-31,37-38,49,56-61,79-80H,9-12,17-22,29,32-36,39-44,76H2,1-8H3,(H,77,97)(H,78,98)(H,81,82)(H,83,84)(H,85,93)(H,86,96)(H,87,99)(H,88,100)/t49?,56-,57-,58-,59-,60+,61-/m0/s1. The molecule has 31 heteroatoms. The number of nitrogens with one attached hydrogen (secondary N) is 10. The topological polar surface area (TPSA) is 416 Å². The number of carbonyl (C=O) groups excluding carboxylic acids is 12. The molecule has 2 aliphatic rings. The number of carbonyl (C=O) groups is 12. The summed E-state index contributed by atoms with van der Waals surface area (Å²) in [5, 5.41) is 23.1. The van der Waals surface area contributed by atoms with Crippen LogP contribution in [0.15, 0.2) is 84.9 Å². The van der Waals surface area contributed by atoms with Crippen LogP contribution >= 0.6 is 0 Å². The number of para-hydroxylation sites is 4. The number of ether oxygens (including phenoxy) is 2. The molecule has 0 aliphatic carbocycles. The van der Waals surface area contributed by atoms with Gasteiger partial charge >= 0.3 is 11.9 Å². The van der Waals surface area contributed by atoms with Crippen molar-refractivity contribution in [2.24, 2.45) is 5.73 Å². The summed E-state index contributed by atoms with van der Waals surface area (Å²) in [4.78, 5) is 185. The van der Waals surface area contributed by atoms with Crippen LogP contribution in [0, 0.1) is 0 Å². The predicted molar refractivity (Wildman–Crippen MR) is 395 cm³/mol. The Morgan fingerprint density at radius 2 is 0.915 bits per heavy atom. The molecule has 31 nitrogen and oxygen atoms in total. The van der Waals surface area contributed by atoms with Gasteiger partial charge in [-0.1, -0.05) is 77.6 Å². The average molecular weight is 1460 g/mol. The van der Waals surface area contributed by atoms with Gasteiger partial charge in [0.25, 0.3) is 11.8 Å². The number of nitrogens with two attached hydrogens (primary N) is 1. The number of fused-ring (bicyclic) bond motifs is 4. The molecule has 4 heterocycles. The van der Waals surface area contributed by atoms with E-state index in [0.717, 1.165) is 22.1 Å². The highest BCUT2D eigenvalue weighted by Gasteiger charge is 2.36. The SMILES string of the molecule is CCC[C@H](NC(=O)CCC(N)C(=O)N[C@@H](CCC)C(=O)N[C@@H](CCC)C(=O)NCCCN1Cc2cc(C(=O)N(C)Cc3nc4ccccc4[nH]3)ccc2N[C@@H](CC(=O)OC)C1=O)C(=O)N[C@@H](CCC)C(=O)NCCCN1Cc2cc(C(=O)N(C)Cc3nc4ccccc4[nH]3)ccc2N[C@H](CC(=O)OC)C1=O. The summed E-state index contributed by atoms with van der Waals surface area (Å²) in [5.74, 6) is -4.83. The molecule has 12 N–H and O–H groups in total. The van der Waals surface area contributed by atoms with E-state index >= 15 is 0 Å². The van der Waals surface area contributed by atoms with Gasteiger partial charge in [0, 0.05) is 82.3 Å². The van der Waals surface area contributed by atoms with Crippen molar-refractivity contribution in [2.75, 3.05) is 65.1 Å². The van der Waals surface area contributed by atoms with Crippen LogP contribution in [0.2, 0.25) is 0 Å². The quantitative estimate of drug-likeness (QED) is 0.0190. The number of aromatic amines is 2. The highest BCUT2D eigenvalue weighted by Crippen LogP contribution is 2.29. The van der Waals surface area contributed by atoms with Gasteiger partial charge in [0.05, 0.1) is 68.3 Å². The van der Waals surface area contributed by atoms with Crippen molar-refractivity contribution in [3.05, 3.63) is 119 Å². The Kier molecular flexibility index (Phi) is 29.9. The van der Waals surface area contributed by atoms with Gasteiger partial charge < -0.3 is 87.3 Å². The normalized spacial score (nSPS) is 15.5. The summed E-state index contributed by atoms with van der Waals surface area (Å²) in [5.41, 5.74) is 12.7. The van der Waals surface area contributed by atoms with Crippen LogP contribution in [0.4, 0.5) is 11.4 Å². The van der Waals surface area contributed by atoms with Crippen LogP contribution in [0.25, 0.3) is 22.1 Å². The Bertz CT molecular complexity index is 4060. The number of nitrogens with zero attached hydrogens (tertiary/aromatic N) is 6. The maximum Gasteiger partial charge on any atom is 0.308 e. The summed E-state index contributed by atoms with van der Waals surface area (Å²) in [6.45, 7) is 8.41. The number of hydrogen-bond acceptors (Lipinski definition) is 19. The third-order valence-electron chi connectivity index (χ3n) is 18.5. The summed E-state index contributed by atoms with van der Waals surface area (Å²) in [6.07, 6.45) is 2.47. The van der Waals surface area contributed by atoms with Crippen LogP contribution in [-0.2, 0) is 83.6 Å². The van der Waals surface area contributed by atoms with Crippen molar-refractivity contribution in [3.63, 3.8) is 0 Å². The molecule has 1 unspecified atom stereocenters. The summed E-state index contributed by atoms with van der Waals surface area (Å²) in [6, 6.07) is 17.9. The summed E-state index contributed by atoms with van der Waals surface area (Å²) < 4.78 is 9.82. The van der Waals surface area contributed by atoms with Gasteiger partial charge in [-0.3, -0.25) is 57.5 Å². The van der Waals surface area contributed by atoms with Crippen molar-refractivity contribution >= 4 is 104 Å². The molecule has 10 amide bonds. The molecule has 0 spiro atoms.